The molecule has 0 saturated carbocycles. The lowest BCUT2D eigenvalue weighted by Crippen LogP contribution is -2.24. The van der Waals surface area contributed by atoms with Crippen LogP contribution in [0, 0.1) is 0 Å². The van der Waals surface area contributed by atoms with Crippen molar-refractivity contribution < 1.29 is 23.9 Å². The second-order valence-corrected chi connectivity index (χ2v) is 12.0. The summed E-state index contributed by atoms with van der Waals surface area (Å²) in [4.78, 5) is 40.2. The molecule has 5 rings (SSSR count). The maximum Gasteiger partial charge on any atom is 0.341 e. The van der Waals surface area contributed by atoms with Crippen LogP contribution in [0.3, 0.4) is 0 Å². The van der Waals surface area contributed by atoms with Crippen molar-refractivity contribution in [3.05, 3.63) is 68.5 Å². The van der Waals surface area contributed by atoms with Crippen LogP contribution in [0.15, 0.2) is 46.9 Å². The SMILES string of the molecule is CCOC(=O)c1c(NC(=O)CSc2nnc(CNC(=O)c3cccs3)n2-c2ccccc2OC)sc2c1CCCC2. The number of carbonyl (C=O) groups is 3. The Morgan fingerprint density at radius 2 is 1.93 bits per heavy atom. The number of rotatable bonds is 11. The number of para-hydroxylation sites is 2. The number of hydrogen-bond donors (Lipinski definition) is 2. The van der Waals surface area contributed by atoms with E-state index in [1.807, 2.05) is 35.7 Å². The second-order valence-electron chi connectivity index (χ2n) is 9.04. The van der Waals surface area contributed by atoms with Gasteiger partial charge in [0.1, 0.15) is 10.8 Å². The number of benzene rings is 1. The highest BCUT2D eigenvalue weighted by Crippen LogP contribution is 2.39. The lowest BCUT2D eigenvalue weighted by atomic mass is 9.95. The van der Waals surface area contributed by atoms with Gasteiger partial charge in [-0.05, 0) is 61.7 Å². The van der Waals surface area contributed by atoms with E-state index in [0.29, 0.717) is 37.9 Å². The largest absolute Gasteiger partial charge is 0.495 e. The van der Waals surface area contributed by atoms with E-state index < -0.39 is 5.97 Å². The number of nitrogens with one attached hydrogen (secondary N) is 2. The number of nitrogens with zero attached hydrogens (tertiary/aromatic N) is 3. The Bertz CT molecular complexity index is 1550. The lowest BCUT2D eigenvalue weighted by molar-refractivity contribution is -0.113. The van der Waals surface area contributed by atoms with Crippen molar-refractivity contribution in [1.82, 2.24) is 20.1 Å². The van der Waals surface area contributed by atoms with E-state index in [9.17, 15) is 14.4 Å². The van der Waals surface area contributed by atoms with Crippen molar-refractivity contribution in [3.8, 4) is 11.4 Å². The van der Waals surface area contributed by atoms with Crippen LogP contribution in [0.1, 0.15) is 56.1 Å². The molecule has 0 saturated heterocycles. The van der Waals surface area contributed by atoms with Crippen molar-refractivity contribution in [1.29, 1.82) is 0 Å². The molecule has 0 aliphatic heterocycles. The van der Waals surface area contributed by atoms with Gasteiger partial charge in [-0.25, -0.2) is 4.79 Å². The first-order chi connectivity index (χ1) is 20.0. The number of ether oxygens (including phenoxy) is 2. The van der Waals surface area contributed by atoms with E-state index in [4.69, 9.17) is 9.47 Å². The minimum Gasteiger partial charge on any atom is -0.495 e. The Labute approximate surface area is 249 Å². The summed E-state index contributed by atoms with van der Waals surface area (Å²) in [7, 11) is 1.57. The third-order valence-electron chi connectivity index (χ3n) is 6.41. The summed E-state index contributed by atoms with van der Waals surface area (Å²) in [6.45, 7) is 2.16. The highest BCUT2D eigenvalue weighted by Gasteiger charge is 2.27. The molecule has 0 radical (unpaired) electrons. The normalized spacial score (nSPS) is 12.4. The number of aryl methyl sites for hydroxylation is 1. The molecule has 0 spiro atoms. The number of aromatic nitrogens is 3. The van der Waals surface area contributed by atoms with E-state index in [1.165, 1.54) is 34.4 Å². The summed E-state index contributed by atoms with van der Waals surface area (Å²) >= 11 is 4.00. The number of methoxy groups -OCH3 is 1. The number of fused-ring (bicyclic) bond motifs is 1. The molecular weight excluding hydrogens is 583 g/mol. The summed E-state index contributed by atoms with van der Waals surface area (Å²) in [6.07, 6.45) is 3.77. The van der Waals surface area contributed by atoms with Gasteiger partial charge in [0.05, 0.1) is 42.1 Å². The van der Waals surface area contributed by atoms with Gasteiger partial charge < -0.3 is 20.1 Å². The van der Waals surface area contributed by atoms with Crippen molar-refractivity contribution in [2.24, 2.45) is 0 Å². The minimum absolute atomic E-state index is 0.0274. The molecule has 3 aromatic heterocycles. The summed E-state index contributed by atoms with van der Waals surface area (Å²) in [6, 6.07) is 11.0. The Morgan fingerprint density at radius 3 is 2.71 bits per heavy atom. The summed E-state index contributed by atoms with van der Waals surface area (Å²) in [5, 5.41) is 17.3. The molecule has 3 heterocycles. The zero-order valence-electron chi connectivity index (χ0n) is 22.6. The van der Waals surface area contributed by atoms with Crippen molar-refractivity contribution in [2.45, 2.75) is 44.3 Å². The zero-order valence-corrected chi connectivity index (χ0v) is 25.0. The lowest BCUT2D eigenvalue weighted by Gasteiger charge is -2.14. The Morgan fingerprint density at radius 1 is 1.10 bits per heavy atom. The minimum atomic E-state index is -0.403. The number of esters is 1. The molecule has 214 valence electrons. The number of carbonyl (C=O) groups excluding carboxylic acids is 3. The van der Waals surface area contributed by atoms with Crippen LogP contribution < -0.4 is 15.4 Å². The van der Waals surface area contributed by atoms with Gasteiger partial charge in [-0.15, -0.1) is 32.9 Å². The number of thioether (sulfide) groups is 1. The average molecular weight is 612 g/mol. The van der Waals surface area contributed by atoms with Crippen LogP contribution in [0.5, 0.6) is 5.75 Å². The van der Waals surface area contributed by atoms with Crippen molar-refractivity contribution in [3.63, 3.8) is 0 Å². The first-order valence-corrected chi connectivity index (χ1v) is 15.8. The van der Waals surface area contributed by atoms with Crippen LogP contribution in [-0.2, 0) is 28.9 Å². The van der Waals surface area contributed by atoms with E-state index in [2.05, 4.69) is 20.8 Å². The Hall–Kier alpha value is -3.68. The third-order valence-corrected chi connectivity index (χ3v) is 9.42. The van der Waals surface area contributed by atoms with Crippen molar-refractivity contribution in [2.75, 3.05) is 24.8 Å². The van der Waals surface area contributed by atoms with Gasteiger partial charge in [0.15, 0.2) is 11.0 Å². The Kier molecular flexibility index (Phi) is 9.37. The molecule has 2 amide bonds. The molecule has 1 aliphatic carbocycles. The van der Waals surface area contributed by atoms with Gasteiger partial charge >= 0.3 is 5.97 Å². The number of amides is 2. The van der Waals surface area contributed by atoms with Gasteiger partial charge in [0.25, 0.3) is 5.91 Å². The molecule has 1 aliphatic rings. The van der Waals surface area contributed by atoms with E-state index in [-0.39, 0.29) is 30.7 Å². The van der Waals surface area contributed by atoms with Gasteiger partial charge in [0, 0.05) is 4.88 Å². The van der Waals surface area contributed by atoms with Gasteiger partial charge in [-0.2, -0.15) is 0 Å². The molecule has 2 N–H and O–H groups in total. The van der Waals surface area contributed by atoms with Gasteiger partial charge in [-0.3, -0.25) is 14.2 Å². The number of thiophene rings is 2. The maximum atomic E-state index is 13.1. The maximum absolute atomic E-state index is 13.1. The molecule has 41 heavy (non-hydrogen) atoms. The molecule has 4 aromatic rings. The van der Waals surface area contributed by atoms with Crippen LogP contribution in [0.25, 0.3) is 5.69 Å². The first-order valence-electron chi connectivity index (χ1n) is 13.1. The summed E-state index contributed by atoms with van der Waals surface area (Å²) in [5.41, 5.74) is 2.15. The van der Waals surface area contributed by atoms with Crippen LogP contribution in [-0.4, -0.2) is 52.0 Å². The standard InChI is InChI=1S/C28H29N5O5S3/c1-3-38-27(36)24-17-9-4-7-12-20(17)41-26(24)30-23(34)16-40-28-32-31-22(15-29-25(35)21-13-8-14-39-21)33(28)18-10-5-6-11-19(18)37-2/h5-6,8,10-11,13-14H,3-4,7,9,12,15-16H2,1-2H3,(H,29,35)(H,30,34). The molecular formula is C28H29N5O5S3. The van der Waals surface area contributed by atoms with E-state index >= 15 is 0 Å². The van der Waals surface area contributed by atoms with Crippen LogP contribution in [0.2, 0.25) is 0 Å². The molecule has 0 unspecified atom stereocenters. The number of anilines is 1. The molecule has 0 bridgehead atoms. The highest BCUT2D eigenvalue weighted by molar-refractivity contribution is 7.99. The average Bonchev–Trinajstić information content (AvgIpc) is 3.73. The predicted octanol–water partition coefficient (Wildman–Crippen LogP) is 5.12. The molecule has 10 nitrogen and oxygen atoms in total. The topological polar surface area (TPSA) is 124 Å². The summed E-state index contributed by atoms with van der Waals surface area (Å²) < 4.78 is 12.7. The smallest absolute Gasteiger partial charge is 0.341 e. The number of hydrogen-bond acceptors (Lipinski definition) is 10. The molecule has 0 atom stereocenters. The van der Waals surface area contributed by atoms with Crippen LogP contribution in [0.4, 0.5) is 5.00 Å². The monoisotopic (exact) mass is 611 g/mol. The highest BCUT2D eigenvalue weighted by atomic mass is 32.2. The van der Waals surface area contributed by atoms with Crippen molar-refractivity contribution >= 4 is 57.2 Å². The fourth-order valence-corrected chi connectivity index (χ4v) is 7.28. The molecule has 1 aromatic carbocycles. The molecule has 13 heteroatoms. The fraction of sp³-hybridized carbons (Fsp3) is 0.321. The zero-order chi connectivity index (χ0) is 28.8. The second kappa shape index (κ2) is 13.3. The summed E-state index contributed by atoms with van der Waals surface area (Å²) in [5.74, 6) is 0.214. The third kappa shape index (κ3) is 6.47. The first kappa shape index (κ1) is 28.8. The van der Waals surface area contributed by atoms with Crippen LogP contribution >= 0.6 is 34.4 Å². The van der Waals surface area contributed by atoms with Gasteiger partial charge in [0.2, 0.25) is 5.91 Å². The fourth-order valence-electron chi connectivity index (χ4n) is 4.58. The quantitative estimate of drug-likeness (QED) is 0.177. The van der Waals surface area contributed by atoms with Gasteiger partial charge in [-0.1, -0.05) is 30.0 Å². The predicted molar refractivity (Wildman–Crippen MR) is 160 cm³/mol. The molecule has 0 fully saturated rings. The van der Waals surface area contributed by atoms with E-state index in [1.54, 1.807) is 24.7 Å². The Balaban J connectivity index is 1.35. The van der Waals surface area contributed by atoms with E-state index in [0.717, 1.165) is 36.1 Å².